The Hall–Kier alpha value is -2.24. The molecule has 6 heteroatoms. The van der Waals surface area contributed by atoms with Crippen LogP contribution < -0.4 is 15.2 Å². The fourth-order valence-corrected chi connectivity index (χ4v) is 1.51. The lowest BCUT2D eigenvalue weighted by Crippen LogP contribution is -2.32. The minimum Gasteiger partial charge on any atom is -0.497 e. The van der Waals surface area contributed by atoms with Gasteiger partial charge in [-0.1, -0.05) is 0 Å². The van der Waals surface area contributed by atoms with Crippen molar-refractivity contribution < 1.29 is 23.8 Å². The zero-order valence-electron chi connectivity index (χ0n) is 12.1. The molecule has 1 aromatic carbocycles. The SMILES string of the molecule is COC(=O)C(C)(C)COc1cc(OC)cc(C(N)=O)c1. The van der Waals surface area contributed by atoms with Crippen LogP contribution >= 0.6 is 0 Å². The Labute approximate surface area is 117 Å². The summed E-state index contributed by atoms with van der Waals surface area (Å²) in [6, 6.07) is 4.62. The molecule has 2 N–H and O–H groups in total. The molecule has 0 radical (unpaired) electrons. The molecule has 0 aromatic heterocycles. The van der Waals surface area contributed by atoms with Crippen molar-refractivity contribution >= 4 is 11.9 Å². The van der Waals surface area contributed by atoms with Crippen LogP contribution in [0.25, 0.3) is 0 Å². The summed E-state index contributed by atoms with van der Waals surface area (Å²) in [5, 5.41) is 0. The number of carbonyl (C=O) groups excluding carboxylic acids is 2. The van der Waals surface area contributed by atoms with Gasteiger partial charge in [0, 0.05) is 11.6 Å². The van der Waals surface area contributed by atoms with Crippen molar-refractivity contribution in [3.63, 3.8) is 0 Å². The van der Waals surface area contributed by atoms with Gasteiger partial charge in [-0.25, -0.2) is 0 Å². The topological polar surface area (TPSA) is 87.8 Å². The second kappa shape index (κ2) is 6.27. The van der Waals surface area contributed by atoms with Gasteiger partial charge in [0.05, 0.1) is 19.6 Å². The summed E-state index contributed by atoms with van der Waals surface area (Å²) in [6.45, 7) is 3.51. The maximum absolute atomic E-state index is 11.6. The average Bonchev–Trinajstić information content (AvgIpc) is 2.43. The van der Waals surface area contributed by atoms with E-state index in [9.17, 15) is 9.59 Å². The molecule has 1 amide bonds. The largest absolute Gasteiger partial charge is 0.497 e. The first kappa shape index (κ1) is 15.8. The maximum atomic E-state index is 11.6. The Morgan fingerprint density at radius 2 is 1.75 bits per heavy atom. The lowest BCUT2D eigenvalue weighted by Gasteiger charge is -2.22. The standard InChI is InChI=1S/C14H19NO5/c1-14(2,13(17)19-4)8-20-11-6-9(12(15)16)5-10(7-11)18-3/h5-7H,8H2,1-4H3,(H2,15,16). The maximum Gasteiger partial charge on any atom is 0.314 e. The second-order valence-electron chi connectivity index (χ2n) is 4.93. The number of ether oxygens (including phenoxy) is 3. The van der Waals surface area contributed by atoms with Gasteiger partial charge in [-0.2, -0.15) is 0 Å². The summed E-state index contributed by atoms with van der Waals surface area (Å²) in [4.78, 5) is 22.8. The van der Waals surface area contributed by atoms with Crippen LogP contribution in [0.3, 0.4) is 0 Å². The van der Waals surface area contributed by atoms with E-state index >= 15 is 0 Å². The van der Waals surface area contributed by atoms with E-state index in [1.165, 1.54) is 26.4 Å². The summed E-state index contributed by atoms with van der Waals surface area (Å²) in [5.41, 5.74) is 4.71. The molecule has 0 unspecified atom stereocenters. The highest BCUT2D eigenvalue weighted by atomic mass is 16.5. The zero-order chi connectivity index (χ0) is 15.3. The minimum absolute atomic E-state index is 0.102. The highest BCUT2D eigenvalue weighted by Crippen LogP contribution is 2.25. The predicted molar refractivity (Wildman–Crippen MR) is 72.8 cm³/mol. The molecular weight excluding hydrogens is 262 g/mol. The molecule has 0 bridgehead atoms. The van der Waals surface area contributed by atoms with Crippen LogP contribution in [-0.2, 0) is 9.53 Å². The van der Waals surface area contributed by atoms with Crippen molar-refractivity contribution in [1.82, 2.24) is 0 Å². The van der Waals surface area contributed by atoms with Crippen LogP contribution in [-0.4, -0.2) is 32.7 Å². The summed E-state index contributed by atoms with van der Waals surface area (Å²) >= 11 is 0. The number of methoxy groups -OCH3 is 2. The average molecular weight is 281 g/mol. The van der Waals surface area contributed by atoms with Crippen LogP contribution in [0, 0.1) is 5.41 Å². The van der Waals surface area contributed by atoms with Gasteiger partial charge in [-0.05, 0) is 26.0 Å². The number of hydrogen-bond acceptors (Lipinski definition) is 5. The summed E-state index contributed by atoms with van der Waals surface area (Å²) in [7, 11) is 2.79. The number of primary amides is 1. The summed E-state index contributed by atoms with van der Waals surface area (Å²) in [5.74, 6) is -0.112. The van der Waals surface area contributed by atoms with Gasteiger partial charge in [0.1, 0.15) is 18.1 Å². The van der Waals surface area contributed by atoms with E-state index in [1.54, 1.807) is 19.9 Å². The Morgan fingerprint density at radius 3 is 2.25 bits per heavy atom. The Morgan fingerprint density at radius 1 is 1.15 bits per heavy atom. The summed E-state index contributed by atoms with van der Waals surface area (Å²) < 4.78 is 15.3. The first-order chi connectivity index (χ1) is 9.30. The van der Waals surface area contributed by atoms with Gasteiger partial charge in [0.2, 0.25) is 5.91 Å². The van der Waals surface area contributed by atoms with Crippen molar-refractivity contribution in [2.45, 2.75) is 13.8 Å². The molecule has 0 heterocycles. The molecule has 0 aliphatic carbocycles. The molecule has 0 spiro atoms. The fourth-order valence-electron chi connectivity index (χ4n) is 1.51. The monoisotopic (exact) mass is 281 g/mol. The van der Waals surface area contributed by atoms with Crippen molar-refractivity contribution in [2.24, 2.45) is 11.1 Å². The molecule has 0 aliphatic heterocycles. The van der Waals surface area contributed by atoms with Crippen molar-refractivity contribution in [3.05, 3.63) is 23.8 Å². The van der Waals surface area contributed by atoms with Crippen LogP contribution in [0.4, 0.5) is 0 Å². The van der Waals surface area contributed by atoms with Gasteiger partial charge in [0.15, 0.2) is 0 Å². The van der Waals surface area contributed by atoms with Crippen LogP contribution in [0.5, 0.6) is 11.5 Å². The molecule has 0 saturated carbocycles. The highest BCUT2D eigenvalue weighted by Gasteiger charge is 2.29. The zero-order valence-corrected chi connectivity index (χ0v) is 12.1. The third-order valence-corrected chi connectivity index (χ3v) is 2.74. The van der Waals surface area contributed by atoms with E-state index in [4.69, 9.17) is 19.9 Å². The molecule has 1 aromatic rings. The minimum atomic E-state index is -0.801. The number of carbonyl (C=O) groups is 2. The molecule has 20 heavy (non-hydrogen) atoms. The molecule has 6 nitrogen and oxygen atoms in total. The number of benzene rings is 1. The molecular formula is C14H19NO5. The Bertz CT molecular complexity index is 510. The van der Waals surface area contributed by atoms with Crippen molar-refractivity contribution in [1.29, 1.82) is 0 Å². The summed E-state index contributed by atoms with van der Waals surface area (Å²) in [6.07, 6.45) is 0. The third kappa shape index (κ3) is 3.88. The number of hydrogen-bond donors (Lipinski definition) is 1. The van der Waals surface area contributed by atoms with Crippen LogP contribution in [0.2, 0.25) is 0 Å². The number of nitrogens with two attached hydrogens (primary N) is 1. The molecule has 110 valence electrons. The third-order valence-electron chi connectivity index (χ3n) is 2.74. The molecule has 0 atom stereocenters. The van der Waals surface area contributed by atoms with Gasteiger partial charge >= 0.3 is 5.97 Å². The molecule has 0 saturated heterocycles. The predicted octanol–water partition coefficient (Wildman–Crippen LogP) is 1.37. The second-order valence-corrected chi connectivity index (χ2v) is 4.93. The van der Waals surface area contributed by atoms with Gasteiger partial charge in [0.25, 0.3) is 0 Å². The quantitative estimate of drug-likeness (QED) is 0.796. The van der Waals surface area contributed by atoms with Gasteiger partial charge in [-0.15, -0.1) is 0 Å². The van der Waals surface area contributed by atoms with Crippen molar-refractivity contribution in [2.75, 3.05) is 20.8 Å². The number of rotatable bonds is 6. The molecule has 1 rings (SSSR count). The molecule has 0 aliphatic rings. The first-order valence-electron chi connectivity index (χ1n) is 6.00. The normalized spacial score (nSPS) is 10.8. The number of amides is 1. The van der Waals surface area contributed by atoms with E-state index in [1.807, 2.05) is 0 Å². The van der Waals surface area contributed by atoms with E-state index < -0.39 is 11.3 Å². The van der Waals surface area contributed by atoms with Gasteiger partial charge < -0.3 is 19.9 Å². The van der Waals surface area contributed by atoms with E-state index in [0.717, 1.165) is 0 Å². The smallest absolute Gasteiger partial charge is 0.314 e. The molecule has 0 fully saturated rings. The first-order valence-corrected chi connectivity index (χ1v) is 6.00. The van der Waals surface area contributed by atoms with E-state index in [2.05, 4.69) is 0 Å². The fraction of sp³-hybridized carbons (Fsp3) is 0.429. The Kier molecular flexibility index (Phi) is 4.96. The highest BCUT2D eigenvalue weighted by molar-refractivity contribution is 5.93. The van der Waals surface area contributed by atoms with Gasteiger partial charge in [-0.3, -0.25) is 9.59 Å². The van der Waals surface area contributed by atoms with Crippen LogP contribution in [0.15, 0.2) is 18.2 Å². The lowest BCUT2D eigenvalue weighted by molar-refractivity contribution is -0.152. The van der Waals surface area contributed by atoms with Crippen LogP contribution in [0.1, 0.15) is 24.2 Å². The van der Waals surface area contributed by atoms with Crippen molar-refractivity contribution in [3.8, 4) is 11.5 Å². The van der Waals surface area contributed by atoms with E-state index in [-0.39, 0.29) is 18.1 Å². The Balaban J connectivity index is 2.90. The number of esters is 1. The lowest BCUT2D eigenvalue weighted by atomic mass is 9.95. The van der Waals surface area contributed by atoms with E-state index in [0.29, 0.717) is 11.5 Å².